The molecule has 3 aromatic rings. The average molecular weight is 286 g/mol. The number of aromatic nitrogens is 2. The summed E-state index contributed by atoms with van der Waals surface area (Å²) in [4.78, 5) is 26.2. The highest BCUT2D eigenvalue weighted by Crippen LogP contribution is 2.22. The van der Waals surface area contributed by atoms with Crippen molar-refractivity contribution in [1.29, 1.82) is 0 Å². The van der Waals surface area contributed by atoms with Crippen LogP contribution in [0.4, 0.5) is 0 Å². The number of furan rings is 1. The van der Waals surface area contributed by atoms with Gasteiger partial charge < -0.3 is 14.5 Å². The highest BCUT2D eigenvalue weighted by atomic mass is 16.4. The maximum absolute atomic E-state index is 12.2. The lowest BCUT2D eigenvalue weighted by Gasteiger charge is -2.13. The number of carboxylic acids is 1. The van der Waals surface area contributed by atoms with Gasteiger partial charge in [-0.25, -0.2) is 9.59 Å². The van der Waals surface area contributed by atoms with Gasteiger partial charge in [0.2, 0.25) is 0 Å². The first-order valence-corrected chi connectivity index (χ1v) is 6.57. The summed E-state index contributed by atoms with van der Waals surface area (Å²) in [6.07, 6.45) is 2.08. The second kappa shape index (κ2) is 4.97. The minimum atomic E-state index is -1.06. The summed E-state index contributed by atoms with van der Waals surface area (Å²) in [5.41, 5.74) is 0.718. The van der Waals surface area contributed by atoms with Crippen molar-refractivity contribution in [2.75, 3.05) is 0 Å². The number of benzene rings is 1. The van der Waals surface area contributed by atoms with Gasteiger partial charge in [-0.1, -0.05) is 6.07 Å². The van der Waals surface area contributed by atoms with Gasteiger partial charge in [0, 0.05) is 12.5 Å². The number of H-pyrrole nitrogens is 1. The van der Waals surface area contributed by atoms with E-state index in [4.69, 9.17) is 4.42 Å². The van der Waals surface area contributed by atoms with Crippen LogP contribution >= 0.6 is 0 Å². The molecule has 3 rings (SSSR count). The molecule has 0 radical (unpaired) electrons. The smallest absolute Gasteiger partial charge is 0.337 e. The Morgan fingerprint density at radius 2 is 2.19 bits per heavy atom. The molecule has 0 amide bonds. The molecule has 0 saturated carbocycles. The van der Waals surface area contributed by atoms with Crippen LogP contribution in [0.15, 0.2) is 45.8 Å². The Morgan fingerprint density at radius 3 is 2.86 bits per heavy atom. The van der Waals surface area contributed by atoms with Crippen LogP contribution in [0.2, 0.25) is 0 Å². The number of nitrogens with one attached hydrogen (secondary N) is 1. The molecule has 6 nitrogen and oxygen atoms in total. The number of aromatic amines is 1. The Hall–Kier alpha value is -2.76. The van der Waals surface area contributed by atoms with Crippen LogP contribution < -0.4 is 5.69 Å². The van der Waals surface area contributed by atoms with Crippen LogP contribution in [0.5, 0.6) is 0 Å². The van der Waals surface area contributed by atoms with E-state index < -0.39 is 5.97 Å². The van der Waals surface area contributed by atoms with Crippen molar-refractivity contribution in [2.24, 2.45) is 0 Å². The van der Waals surface area contributed by atoms with E-state index >= 15 is 0 Å². The van der Waals surface area contributed by atoms with Gasteiger partial charge >= 0.3 is 11.7 Å². The second-order valence-corrected chi connectivity index (χ2v) is 4.94. The third-order valence-corrected chi connectivity index (χ3v) is 3.49. The van der Waals surface area contributed by atoms with E-state index in [9.17, 15) is 14.7 Å². The van der Waals surface area contributed by atoms with Gasteiger partial charge in [-0.2, -0.15) is 0 Å². The zero-order valence-corrected chi connectivity index (χ0v) is 11.4. The Balaban J connectivity index is 2.15. The van der Waals surface area contributed by atoms with Crippen LogP contribution in [0.25, 0.3) is 11.0 Å². The molecule has 1 atom stereocenters. The molecule has 2 heterocycles. The molecule has 0 fully saturated rings. The molecular formula is C15H14N2O4. The quantitative estimate of drug-likeness (QED) is 0.771. The largest absolute Gasteiger partial charge is 0.478 e. The number of imidazole rings is 1. The number of hydrogen-bond donors (Lipinski definition) is 2. The SMILES string of the molecule is CC(Cc1ccco1)n1c(=O)[nH]c2cccc(C(=O)O)c21. The first-order chi connectivity index (χ1) is 10.1. The van der Waals surface area contributed by atoms with E-state index in [1.807, 2.05) is 13.0 Å². The summed E-state index contributed by atoms with van der Waals surface area (Å²) < 4.78 is 6.76. The van der Waals surface area contributed by atoms with Gasteiger partial charge in [0.05, 0.1) is 22.9 Å². The van der Waals surface area contributed by atoms with E-state index in [2.05, 4.69) is 4.98 Å². The molecule has 1 unspecified atom stereocenters. The van der Waals surface area contributed by atoms with Crippen molar-refractivity contribution >= 4 is 17.0 Å². The summed E-state index contributed by atoms with van der Waals surface area (Å²) in [7, 11) is 0. The summed E-state index contributed by atoms with van der Waals surface area (Å²) in [6, 6.07) is 8.19. The maximum Gasteiger partial charge on any atom is 0.337 e. The first-order valence-electron chi connectivity index (χ1n) is 6.57. The second-order valence-electron chi connectivity index (χ2n) is 4.94. The monoisotopic (exact) mass is 286 g/mol. The van der Waals surface area contributed by atoms with Crippen molar-refractivity contribution in [3.8, 4) is 0 Å². The Bertz CT molecular complexity index is 842. The van der Waals surface area contributed by atoms with E-state index in [1.54, 1.807) is 24.5 Å². The number of aromatic carboxylic acids is 1. The van der Waals surface area contributed by atoms with Crippen LogP contribution in [-0.4, -0.2) is 20.6 Å². The van der Waals surface area contributed by atoms with Crippen molar-refractivity contribution < 1.29 is 14.3 Å². The third kappa shape index (κ3) is 2.24. The number of rotatable bonds is 4. The van der Waals surface area contributed by atoms with Gasteiger partial charge in [0.1, 0.15) is 5.76 Å². The lowest BCUT2D eigenvalue weighted by molar-refractivity contribution is 0.0698. The Morgan fingerprint density at radius 1 is 1.38 bits per heavy atom. The van der Waals surface area contributed by atoms with Crippen LogP contribution in [-0.2, 0) is 6.42 Å². The molecular weight excluding hydrogens is 272 g/mol. The highest BCUT2D eigenvalue weighted by Gasteiger charge is 2.19. The standard InChI is InChI=1S/C15H14N2O4/c1-9(8-10-4-3-7-21-10)17-13-11(14(18)19)5-2-6-12(13)16-15(17)20/h2-7,9H,8H2,1H3,(H,16,20)(H,18,19). The molecule has 2 aromatic heterocycles. The Kier molecular flexibility index (Phi) is 3.13. The lowest BCUT2D eigenvalue weighted by Crippen LogP contribution is -2.22. The van der Waals surface area contributed by atoms with Crippen molar-refractivity contribution in [2.45, 2.75) is 19.4 Å². The molecule has 2 N–H and O–H groups in total. The molecule has 0 aliphatic heterocycles. The molecule has 21 heavy (non-hydrogen) atoms. The van der Waals surface area contributed by atoms with Gasteiger partial charge in [-0.05, 0) is 31.2 Å². The van der Waals surface area contributed by atoms with Crippen molar-refractivity contribution in [3.05, 3.63) is 58.4 Å². The summed E-state index contributed by atoms with van der Waals surface area (Å²) in [6.45, 7) is 1.86. The average Bonchev–Trinajstić information content (AvgIpc) is 3.03. The fourth-order valence-corrected chi connectivity index (χ4v) is 2.59. The molecule has 6 heteroatoms. The van der Waals surface area contributed by atoms with Crippen LogP contribution in [0.1, 0.15) is 29.1 Å². The minimum absolute atomic E-state index is 0.108. The number of carboxylic acid groups (broad SMARTS) is 1. The zero-order chi connectivity index (χ0) is 15.0. The topological polar surface area (TPSA) is 88.2 Å². The van der Waals surface area contributed by atoms with Crippen molar-refractivity contribution in [3.63, 3.8) is 0 Å². The van der Waals surface area contributed by atoms with E-state index in [-0.39, 0.29) is 17.3 Å². The maximum atomic E-state index is 12.2. The summed E-state index contributed by atoms with van der Waals surface area (Å²) in [5.74, 6) is -0.310. The van der Waals surface area contributed by atoms with Gasteiger partial charge in [-0.3, -0.25) is 4.57 Å². The van der Waals surface area contributed by atoms with Gasteiger partial charge in [0.15, 0.2) is 0 Å². The fourth-order valence-electron chi connectivity index (χ4n) is 2.59. The van der Waals surface area contributed by atoms with Crippen LogP contribution in [0.3, 0.4) is 0 Å². The van der Waals surface area contributed by atoms with Crippen molar-refractivity contribution in [1.82, 2.24) is 9.55 Å². The lowest BCUT2D eigenvalue weighted by atomic mass is 10.1. The number of carbonyl (C=O) groups is 1. The van der Waals surface area contributed by atoms with Crippen LogP contribution in [0, 0.1) is 0 Å². The number of para-hydroxylation sites is 1. The molecule has 0 spiro atoms. The minimum Gasteiger partial charge on any atom is -0.478 e. The molecule has 1 aromatic carbocycles. The van der Waals surface area contributed by atoms with E-state index in [1.165, 1.54) is 10.6 Å². The molecule has 0 bridgehead atoms. The predicted molar refractivity (Wildman–Crippen MR) is 76.6 cm³/mol. The third-order valence-electron chi connectivity index (χ3n) is 3.49. The summed E-state index contributed by atoms with van der Waals surface area (Å²) >= 11 is 0. The Labute approximate surface area is 119 Å². The molecule has 0 saturated heterocycles. The molecule has 0 aliphatic carbocycles. The molecule has 0 aliphatic rings. The predicted octanol–water partition coefficient (Wildman–Crippen LogP) is 2.42. The number of fused-ring (bicyclic) bond motifs is 1. The highest BCUT2D eigenvalue weighted by molar-refractivity contribution is 6.01. The number of hydrogen-bond acceptors (Lipinski definition) is 3. The fraction of sp³-hybridized carbons (Fsp3) is 0.200. The zero-order valence-electron chi connectivity index (χ0n) is 11.4. The summed E-state index contributed by atoms with van der Waals surface area (Å²) in [5, 5.41) is 9.31. The first kappa shape index (κ1) is 13.2. The normalized spacial score (nSPS) is 12.6. The number of nitrogens with zero attached hydrogens (tertiary/aromatic N) is 1. The van der Waals surface area contributed by atoms with Gasteiger partial charge in [-0.15, -0.1) is 0 Å². The molecule has 108 valence electrons. The van der Waals surface area contributed by atoms with E-state index in [0.29, 0.717) is 17.5 Å². The van der Waals surface area contributed by atoms with Gasteiger partial charge in [0.25, 0.3) is 0 Å². The van der Waals surface area contributed by atoms with E-state index in [0.717, 1.165) is 5.76 Å².